The van der Waals surface area contributed by atoms with Crippen LogP contribution in [0.3, 0.4) is 0 Å². The van der Waals surface area contributed by atoms with Crippen molar-refractivity contribution < 1.29 is 76.3 Å². The summed E-state index contributed by atoms with van der Waals surface area (Å²) in [6.45, 7) is 18.3. The molecule has 0 spiro atoms. The van der Waals surface area contributed by atoms with E-state index in [0.29, 0.717) is 85.4 Å². The highest BCUT2D eigenvalue weighted by molar-refractivity contribution is 6.16. The fraction of sp³-hybridized carbons (Fsp3) is 0.437. The second-order valence-electron chi connectivity index (χ2n) is 30.8. The lowest BCUT2D eigenvalue weighted by atomic mass is 9.82. The maximum atomic E-state index is 13.8. The zero-order valence-electron chi connectivity index (χ0n) is 62.9. The molecule has 19 heteroatoms. The molecule has 4 saturated carbocycles. The molecule has 0 bridgehead atoms. The molecule has 2 unspecified atom stereocenters. The van der Waals surface area contributed by atoms with E-state index in [-0.39, 0.29) is 70.8 Å². The van der Waals surface area contributed by atoms with Gasteiger partial charge in [-0.25, -0.2) is 14.4 Å². The Balaban J connectivity index is 0.000000150. The van der Waals surface area contributed by atoms with Crippen LogP contribution < -0.4 is 19.4 Å². The Morgan fingerprint density at radius 1 is 0.443 bits per heavy atom. The first-order valence-electron chi connectivity index (χ1n) is 37.6. The van der Waals surface area contributed by atoms with Crippen molar-refractivity contribution in [3.05, 3.63) is 154 Å². The van der Waals surface area contributed by atoms with Crippen molar-refractivity contribution in [2.75, 3.05) is 36.0 Å². The molecular formula is C87H99N3O16. The number of rotatable bonds is 19. The third-order valence-corrected chi connectivity index (χ3v) is 22.3. The van der Waals surface area contributed by atoms with Crippen molar-refractivity contribution in [1.29, 1.82) is 0 Å². The highest BCUT2D eigenvalue weighted by atomic mass is 16.5. The molecule has 3 N–H and O–H groups in total. The highest BCUT2D eigenvalue weighted by Gasteiger charge is 2.38. The minimum absolute atomic E-state index is 0.00129. The van der Waals surface area contributed by atoms with Crippen LogP contribution in [-0.2, 0) is 23.9 Å². The highest BCUT2D eigenvalue weighted by Crippen LogP contribution is 2.46. The van der Waals surface area contributed by atoms with Crippen LogP contribution >= 0.6 is 0 Å². The minimum Gasteiger partial charge on any atom is -0.496 e. The molecule has 3 amide bonds. The van der Waals surface area contributed by atoms with Gasteiger partial charge in [0, 0.05) is 86.4 Å². The summed E-state index contributed by atoms with van der Waals surface area (Å²) >= 11 is 0. The lowest BCUT2D eigenvalue weighted by Crippen LogP contribution is -2.43. The molecule has 0 saturated heterocycles. The number of hydrogen-bond acceptors (Lipinski definition) is 14. The zero-order valence-corrected chi connectivity index (χ0v) is 62.9. The van der Waals surface area contributed by atoms with Gasteiger partial charge >= 0.3 is 17.9 Å². The number of aromatic carboxylic acids is 2. The molecule has 558 valence electrons. The summed E-state index contributed by atoms with van der Waals surface area (Å²) < 4.78 is 34.6. The number of carboxylic acid groups (broad SMARTS) is 2. The minimum atomic E-state index is -1.09. The van der Waals surface area contributed by atoms with Crippen LogP contribution in [0.4, 0.5) is 17.1 Å². The Hall–Kier alpha value is -9.85. The standard InChI is InChI=1S/C33H37NO6.C28H33NO5.C26H29NO5/c1-19(2)34(32(35)21-12-10-20(3)11-13-21)27-17-25-24-16-22(31(39-5)23-8-6-7-9-28(23)38-4)14-15-29(24)40-30(25)18-26(27)33(36)37;1-15(2)29(27(31)18-6-4-16(3)5-7-18)23-13-21-20-12-19(26(30)17-8-9-17)10-11-24(20)34-25(21)14-22(23)28(32)33;1-15(2)27(25(29)18-8-5-16(3)6-9-18)22-12-20-19-11-17(14-28)7-10-23(19)32-24(20)13-21(22)26(30)31-4/h6-9,14-21,31H,10-13H2,1-5H3,(H,36,37);10-18,26,30H,4-9H2,1-3H3,(H,32,33);7,10-16,18H,5-6,8-9H2,1-4H3. The van der Waals surface area contributed by atoms with Gasteiger partial charge in [-0.2, -0.15) is 0 Å². The van der Waals surface area contributed by atoms with Crippen LogP contribution in [0.15, 0.2) is 129 Å². The van der Waals surface area contributed by atoms with Crippen LogP contribution in [0.2, 0.25) is 0 Å². The number of carboxylic acids is 2. The Bertz CT molecular complexity index is 4950. The van der Waals surface area contributed by atoms with Crippen LogP contribution in [0.25, 0.3) is 65.8 Å². The molecule has 4 fully saturated rings. The largest absolute Gasteiger partial charge is 0.496 e. The van der Waals surface area contributed by atoms with Gasteiger partial charge < -0.3 is 57.5 Å². The van der Waals surface area contributed by atoms with E-state index in [1.807, 2.05) is 114 Å². The molecule has 0 radical (unpaired) electrons. The molecule has 7 aromatic carbocycles. The van der Waals surface area contributed by atoms with Crippen LogP contribution in [0, 0.1) is 41.4 Å². The van der Waals surface area contributed by atoms with Crippen molar-refractivity contribution in [2.24, 2.45) is 41.4 Å². The van der Waals surface area contributed by atoms with Crippen molar-refractivity contribution in [3.8, 4) is 5.75 Å². The second-order valence-corrected chi connectivity index (χ2v) is 30.8. The van der Waals surface area contributed by atoms with Crippen LogP contribution in [-0.4, -0.2) is 96.7 Å². The second kappa shape index (κ2) is 32.1. The monoisotopic (exact) mass is 1440 g/mol. The number of para-hydroxylation sites is 1. The number of aliphatic hydroxyl groups is 1. The van der Waals surface area contributed by atoms with E-state index in [9.17, 15) is 48.9 Å². The van der Waals surface area contributed by atoms with Crippen LogP contribution in [0.1, 0.15) is 223 Å². The van der Waals surface area contributed by atoms with E-state index in [1.165, 1.54) is 13.2 Å². The number of anilines is 3. The van der Waals surface area contributed by atoms with Gasteiger partial charge in [0.05, 0.1) is 54.1 Å². The number of amides is 3. The van der Waals surface area contributed by atoms with Gasteiger partial charge in [0.25, 0.3) is 0 Å². The Labute approximate surface area is 618 Å². The molecule has 4 aliphatic rings. The maximum absolute atomic E-state index is 13.8. The summed E-state index contributed by atoms with van der Waals surface area (Å²) in [5, 5.41) is 35.5. The van der Waals surface area contributed by atoms with Crippen molar-refractivity contribution in [2.45, 2.75) is 183 Å². The van der Waals surface area contributed by atoms with Gasteiger partial charge in [-0.3, -0.25) is 19.2 Å². The Morgan fingerprint density at radius 3 is 1.19 bits per heavy atom. The fourth-order valence-corrected chi connectivity index (χ4v) is 16.2. The molecule has 14 rings (SSSR count). The van der Waals surface area contributed by atoms with Gasteiger partial charge in [-0.05, 0) is 251 Å². The number of aliphatic hydroxyl groups excluding tert-OH is 1. The summed E-state index contributed by atoms with van der Waals surface area (Å²) in [5.41, 5.74) is 8.24. The summed E-state index contributed by atoms with van der Waals surface area (Å²) in [7, 11) is 4.62. The third kappa shape index (κ3) is 15.6. The van der Waals surface area contributed by atoms with Crippen molar-refractivity contribution in [3.63, 3.8) is 0 Å². The molecule has 19 nitrogen and oxygen atoms in total. The van der Waals surface area contributed by atoms with Gasteiger partial charge in [-0.1, -0.05) is 51.1 Å². The molecule has 106 heavy (non-hydrogen) atoms. The summed E-state index contributed by atoms with van der Waals surface area (Å²) in [6.07, 6.45) is 13.1. The fourth-order valence-electron chi connectivity index (χ4n) is 16.2. The quantitative estimate of drug-likeness (QED) is 0.0502. The van der Waals surface area contributed by atoms with E-state index in [4.69, 9.17) is 27.5 Å². The van der Waals surface area contributed by atoms with Gasteiger partial charge in [0.2, 0.25) is 17.7 Å². The lowest BCUT2D eigenvalue weighted by Gasteiger charge is -2.34. The van der Waals surface area contributed by atoms with E-state index < -0.39 is 24.0 Å². The number of aldehydes is 1. The predicted octanol–water partition coefficient (Wildman–Crippen LogP) is 19.6. The first kappa shape index (κ1) is 75.8. The first-order valence-corrected chi connectivity index (χ1v) is 37.6. The average Bonchev–Trinajstić information content (AvgIpc) is 1.57. The zero-order chi connectivity index (χ0) is 75.7. The number of hydrogen-bond donors (Lipinski definition) is 3. The number of benzene rings is 7. The number of furan rings is 3. The number of methoxy groups -OCH3 is 3. The number of ether oxygens (including phenoxy) is 3. The van der Waals surface area contributed by atoms with E-state index in [1.54, 1.807) is 65.3 Å². The maximum Gasteiger partial charge on any atom is 0.340 e. The third-order valence-electron chi connectivity index (χ3n) is 22.3. The molecule has 4 aliphatic carbocycles. The summed E-state index contributed by atoms with van der Waals surface area (Å²) in [4.78, 5) is 95.0. The van der Waals surface area contributed by atoms with Gasteiger partial charge in [-0.15, -0.1) is 0 Å². The average molecular weight is 1440 g/mol. The van der Waals surface area contributed by atoms with Gasteiger partial charge in [0.1, 0.15) is 51.6 Å². The predicted molar refractivity (Wildman–Crippen MR) is 413 cm³/mol. The number of fused-ring (bicyclic) bond motifs is 9. The van der Waals surface area contributed by atoms with E-state index in [2.05, 4.69) is 20.8 Å². The van der Waals surface area contributed by atoms with Crippen molar-refractivity contribution >= 4 is 125 Å². The SMILES string of the molecule is CC1CCC(C(=O)N(c2cc3c(cc2C(=O)O)oc2ccc(C(O)C4CC4)cc23)C(C)C)CC1.COC(=O)c1cc2oc3ccc(C=O)cc3c2cc1N(C(=O)C1CCC(C)CC1)C(C)C.COc1ccccc1C(OC)c1ccc2oc3cc(C(=O)O)c(N(C(=O)C4CCC(C)CC4)C(C)C)cc3c2c1. The Kier molecular flexibility index (Phi) is 22.9. The molecular weight excluding hydrogens is 1340 g/mol. The normalized spacial score (nSPS) is 19.5. The Morgan fingerprint density at radius 2 is 0.811 bits per heavy atom. The molecule has 10 aromatic rings. The van der Waals surface area contributed by atoms with Crippen molar-refractivity contribution in [1.82, 2.24) is 0 Å². The molecule has 3 heterocycles. The molecule has 0 aliphatic heterocycles. The number of carbonyl (C=O) groups excluding carboxylic acids is 5. The topological polar surface area (TPSA) is 257 Å². The van der Waals surface area contributed by atoms with E-state index in [0.717, 1.165) is 151 Å². The van der Waals surface area contributed by atoms with Gasteiger partial charge in [0.15, 0.2) is 0 Å². The van der Waals surface area contributed by atoms with Crippen LogP contribution in [0.5, 0.6) is 5.75 Å². The lowest BCUT2D eigenvalue weighted by molar-refractivity contribution is -0.124. The molecule has 3 aromatic heterocycles. The number of carbonyl (C=O) groups is 7. The van der Waals surface area contributed by atoms with E-state index >= 15 is 0 Å². The summed E-state index contributed by atoms with van der Waals surface area (Å²) in [5.74, 6) is -0.0125. The summed E-state index contributed by atoms with van der Waals surface area (Å²) in [6, 6.07) is 34.0. The molecule has 2 atom stereocenters. The number of esters is 1. The first-order chi connectivity index (χ1) is 50.8. The number of nitrogens with zero attached hydrogens (tertiary/aromatic N) is 3. The smallest absolute Gasteiger partial charge is 0.340 e.